The number of hydrogen-bond acceptors (Lipinski definition) is 4. The molecule has 0 bridgehead atoms. The van der Waals surface area contributed by atoms with Crippen molar-refractivity contribution in [2.75, 3.05) is 7.11 Å². The minimum Gasteiger partial charge on any atom is -0.496 e. The Morgan fingerprint density at radius 1 is 0.812 bits per heavy atom. The van der Waals surface area contributed by atoms with Crippen molar-refractivity contribution in [1.82, 2.24) is 9.88 Å². The highest BCUT2D eigenvalue weighted by Gasteiger charge is 2.15. The van der Waals surface area contributed by atoms with Gasteiger partial charge in [0.1, 0.15) is 10.6 Å². The Morgan fingerprint density at radius 2 is 1.47 bits per heavy atom. The number of aromatic nitrogens is 1. The van der Waals surface area contributed by atoms with Gasteiger partial charge in [0, 0.05) is 35.3 Å². The number of methoxy groups -OCH3 is 1. The smallest absolute Gasteiger partial charge is 0.257 e. The molecule has 2 heterocycles. The fourth-order valence-corrected chi connectivity index (χ4v) is 5.31. The number of nitrogens with one attached hydrogen (secondary N) is 1. The number of aromatic amines is 1. The third-order valence-corrected chi connectivity index (χ3v) is 6.68. The normalized spacial score (nSPS) is 11.4. The molecule has 1 N–H and O–H groups in total. The average Bonchev–Trinajstić information content (AvgIpc) is 3.22. The van der Waals surface area contributed by atoms with Crippen molar-refractivity contribution >= 4 is 32.3 Å². The first-order valence-corrected chi connectivity index (χ1v) is 11.4. The number of nitrogens with zero attached hydrogens (tertiary/aromatic N) is 1. The van der Waals surface area contributed by atoms with E-state index in [9.17, 15) is 4.79 Å². The van der Waals surface area contributed by atoms with E-state index in [1.807, 2.05) is 30.3 Å². The number of hydrogen-bond donors (Lipinski definition) is 1. The van der Waals surface area contributed by atoms with Gasteiger partial charge in [0.05, 0.1) is 12.5 Å². The molecule has 5 aromatic rings. The van der Waals surface area contributed by atoms with Gasteiger partial charge in [-0.15, -0.1) is 11.3 Å². The Bertz CT molecular complexity index is 1370. The summed E-state index contributed by atoms with van der Waals surface area (Å²) in [5, 5.41) is 2.58. The van der Waals surface area contributed by atoms with Gasteiger partial charge in [-0.2, -0.15) is 0 Å². The number of thiophene rings is 1. The molecule has 5 heteroatoms. The van der Waals surface area contributed by atoms with E-state index in [1.165, 1.54) is 16.0 Å². The Hall–Kier alpha value is -3.41. The molecule has 160 valence electrons. The molecule has 2 aromatic heterocycles. The van der Waals surface area contributed by atoms with E-state index in [4.69, 9.17) is 4.74 Å². The Balaban J connectivity index is 1.53. The van der Waals surface area contributed by atoms with E-state index >= 15 is 0 Å². The minimum atomic E-state index is -0.0785. The van der Waals surface area contributed by atoms with Crippen LogP contribution in [0.2, 0.25) is 0 Å². The molecular formula is C27H24N2O2S. The summed E-state index contributed by atoms with van der Waals surface area (Å²) < 4.78 is 5.58. The fraction of sp³-hybridized carbons (Fsp3) is 0.148. The molecule has 0 radical (unpaired) electrons. The summed E-state index contributed by atoms with van der Waals surface area (Å²) in [6.45, 7) is 2.50. The molecule has 0 saturated heterocycles. The van der Waals surface area contributed by atoms with Gasteiger partial charge in [0.2, 0.25) is 0 Å². The molecule has 0 unspecified atom stereocenters. The van der Waals surface area contributed by atoms with Crippen LogP contribution in [0.3, 0.4) is 0 Å². The zero-order valence-electron chi connectivity index (χ0n) is 17.9. The van der Waals surface area contributed by atoms with E-state index in [2.05, 4.69) is 64.5 Å². The van der Waals surface area contributed by atoms with Crippen LogP contribution in [-0.2, 0) is 19.6 Å². The zero-order chi connectivity index (χ0) is 21.9. The molecule has 0 aliphatic rings. The molecular weight excluding hydrogens is 416 g/mol. The Labute approximate surface area is 190 Å². The van der Waals surface area contributed by atoms with E-state index in [-0.39, 0.29) is 5.56 Å². The predicted molar refractivity (Wildman–Crippen MR) is 132 cm³/mol. The first-order valence-electron chi connectivity index (χ1n) is 10.6. The summed E-state index contributed by atoms with van der Waals surface area (Å²) >= 11 is 1.64. The van der Waals surface area contributed by atoms with Crippen LogP contribution in [0.1, 0.15) is 16.0 Å². The molecule has 0 amide bonds. The van der Waals surface area contributed by atoms with Crippen LogP contribution in [0.15, 0.2) is 89.7 Å². The summed E-state index contributed by atoms with van der Waals surface area (Å²) in [5.41, 5.74) is 2.49. The van der Waals surface area contributed by atoms with Gasteiger partial charge in [-0.25, -0.2) is 0 Å². The van der Waals surface area contributed by atoms with Crippen LogP contribution in [0.5, 0.6) is 5.75 Å². The molecule has 3 aromatic carbocycles. The summed E-state index contributed by atoms with van der Waals surface area (Å²) in [6, 6.07) is 28.9. The summed E-state index contributed by atoms with van der Waals surface area (Å²) in [5.74, 6) is 0.730. The largest absolute Gasteiger partial charge is 0.496 e. The highest BCUT2D eigenvalue weighted by molar-refractivity contribution is 7.18. The van der Waals surface area contributed by atoms with Gasteiger partial charge in [-0.3, -0.25) is 9.69 Å². The summed E-state index contributed by atoms with van der Waals surface area (Å²) in [7, 11) is 1.65. The van der Waals surface area contributed by atoms with Gasteiger partial charge in [-0.05, 0) is 29.3 Å². The van der Waals surface area contributed by atoms with Crippen LogP contribution in [0.4, 0.5) is 0 Å². The van der Waals surface area contributed by atoms with Gasteiger partial charge in [-0.1, -0.05) is 66.7 Å². The maximum absolute atomic E-state index is 12.7. The predicted octanol–water partition coefficient (Wildman–Crippen LogP) is 5.95. The van der Waals surface area contributed by atoms with Crippen LogP contribution in [0.25, 0.3) is 21.0 Å². The SMILES string of the molecule is COc1cccc2c(=O)[nH]c3sc(CN(Cc4ccccc4)Cc4ccccc4)cc3c12. The van der Waals surface area contributed by atoms with E-state index in [0.717, 1.165) is 41.0 Å². The summed E-state index contributed by atoms with van der Waals surface area (Å²) in [6.07, 6.45) is 0. The fourth-order valence-electron chi connectivity index (χ4n) is 4.21. The van der Waals surface area contributed by atoms with Crippen molar-refractivity contribution in [1.29, 1.82) is 0 Å². The first kappa shape index (κ1) is 20.5. The molecule has 4 nitrogen and oxygen atoms in total. The lowest BCUT2D eigenvalue weighted by molar-refractivity contribution is 0.250. The molecule has 5 rings (SSSR count). The average molecular weight is 441 g/mol. The second kappa shape index (κ2) is 8.99. The minimum absolute atomic E-state index is 0.0785. The monoisotopic (exact) mass is 440 g/mol. The number of H-pyrrole nitrogens is 1. The lowest BCUT2D eigenvalue weighted by atomic mass is 10.1. The molecule has 0 fully saturated rings. The zero-order valence-corrected chi connectivity index (χ0v) is 18.7. The summed E-state index contributed by atoms with van der Waals surface area (Å²) in [4.78, 5) is 20.3. The third-order valence-electron chi connectivity index (χ3n) is 5.65. The maximum Gasteiger partial charge on any atom is 0.257 e. The van der Waals surface area contributed by atoms with E-state index in [1.54, 1.807) is 18.4 Å². The van der Waals surface area contributed by atoms with Gasteiger partial charge in [0.15, 0.2) is 0 Å². The lowest BCUT2D eigenvalue weighted by Crippen LogP contribution is -2.21. The van der Waals surface area contributed by atoms with E-state index in [0.29, 0.717) is 5.39 Å². The van der Waals surface area contributed by atoms with Gasteiger partial charge < -0.3 is 9.72 Å². The number of rotatable bonds is 7. The molecule has 0 saturated carbocycles. The van der Waals surface area contributed by atoms with Crippen molar-refractivity contribution in [3.05, 3.63) is 111 Å². The van der Waals surface area contributed by atoms with Crippen molar-refractivity contribution in [2.24, 2.45) is 0 Å². The number of fused-ring (bicyclic) bond motifs is 3. The maximum atomic E-state index is 12.7. The van der Waals surface area contributed by atoms with Crippen molar-refractivity contribution in [3.63, 3.8) is 0 Å². The third kappa shape index (κ3) is 4.17. The number of pyridine rings is 1. The van der Waals surface area contributed by atoms with Gasteiger partial charge >= 0.3 is 0 Å². The van der Waals surface area contributed by atoms with Gasteiger partial charge in [0.25, 0.3) is 5.56 Å². The standard InChI is InChI=1S/C27H24N2O2S/c1-31-24-14-8-13-22-25(24)23-15-21(32-27(23)28-26(22)30)18-29(16-19-9-4-2-5-10-19)17-20-11-6-3-7-12-20/h2-15H,16-18H2,1H3,(H,28,30). The first-order chi connectivity index (χ1) is 15.7. The molecule has 32 heavy (non-hydrogen) atoms. The number of ether oxygens (including phenoxy) is 1. The molecule has 0 atom stereocenters. The Morgan fingerprint density at radius 3 is 2.09 bits per heavy atom. The second-order valence-corrected chi connectivity index (χ2v) is 9.05. The van der Waals surface area contributed by atoms with Crippen LogP contribution in [0, 0.1) is 0 Å². The van der Waals surface area contributed by atoms with Crippen molar-refractivity contribution in [2.45, 2.75) is 19.6 Å². The molecule has 0 aliphatic heterocycles. The number of benzene rings is 3. The second-order valence-electron chi connectivity index (χ2n) is 7.91. The highest BCUT2D eigenvalue weighted by Crippen LogP contribution is 2.34. The van der Waals surface area contributed by atoms with E-state index < -0.39 is 0 Å². The topological polar surface area (TPSA) is 45.3 Å². The van der Waals surface area contributed by atoms with Crippen molar-refractivity contribution in [3.8, 4) is 5.75 Å². The van der Waals surface area contributed by atoms with Crippen LogP contribution >= 0.6 is 11.3 Å². The molecule has 0 spiro atoms. The van der Waals surface area contributed by atoms with Crippen LogP contribution < -0.4 is 10.3 Å². The van der Waals surface area contributed by atoms with Crippen LogP contribution in [-0.4, -0.2) is 17.0 Å². The quantitative estimate of drug-likeness (QED) is 0.340. The highest BCUT2D eigenvalue weighted by atomic mass is 32.1. The van der Waals surface area contributed by atoms with Crippen molar-refractivity contribution < 1.29 is 4.74 Å². The molecule has 0 aliphatic carbocycles. The Kier molecular flexibility index (Phi) is 5.75. The lowest BCUT2D eigenvalue weighted by Gasteiger charge is -2.22.